The van der Waals surface area contributed by atoms with Crippen molar-refractivity contribution in [1.82, 2.24) is 10.2 Å². The van der Waals surface area contributed by atoms with Gasteiger partial charge in [-0.3, -0.25) is 19.3 Å². The number of fused-ring (bicyclic) bond motifs is 1. The van der Waals surface area contributed by atoms with Gasteiger partial charge in [0.05, 0.1) is 24.8 Å². The number of piperidine rings is 1. The SMILES string of the molecule is COc1ccc(N2CCC(NC(=O)c3ccc4c(c3)C(=O)N(Cc3ccccc3)C4=O)CC2)cc1. The van der Waals surface area contributed by atoms with E-state index in [0.717, 1.165) is 42.9 Å². The van der Waals surface area contributed by atoms with E-state index in [2.05, 4.69) is 10.2 Å². The fourth-order valence-electron chi connectivity index (χ4n) is 4.69. The lowest BCUT2D eigenvalue weighted by Crippen LogP contribution is -2.44. The van der Waals surface area contributed by atoms with Crippen LogP contribution in [-0.4, -0.2) is 48.9 Å². The summed E-state index contributed by atoms with van der Waals surface area (Å²) in [6, 6.07) is 22.2. The molecule has 5 rings (SSSR count). The zero-order valence-electron chi connectivity index (χ0n) is 19.6. The Bertz CT molecular complexity index is 1250. The Kier molecular flexibility index (Phi) is 6.23. The Morgan fingerprint density at radius 3 is 2.29 bits per heavy atom. The molecule has 0 aromatic heterocycles. The first kappa shape index (κ1) is 22.7. The molecule has 2 aliphatic rings. The zero-order chi connectivity index (χ0) is 24.4. The lowest BCUT2D eigenvalue weighted by atomic mass is 10.0. The van der Waals surface area contributed by atoms with Crippen LogP contribution in [0.2, 0.25) is 0 Å². The van der Waals surface area contributed by atoms with E-state index in [9.17, 15) is 14.4 Å². The molecule has 3 aromatic carbocycles. The second-order valence-electron chi connectivity index (χ2n) is 8.88. The van der Waals surface area contributed by atoms with Gasteiger partial charge in [0.2, 0.25) is 0 Å². The predicted octanol–water partition coefficient (Wildman–Crippen LogP) is 3.89. The van der Waals surface area contributed by atoms with E-state index < -0.39 is 0 Å². The maximum absolute atomic E-state index is 12.9. The van der Waals surface area contributed by atoms with Gasteiger partial charge in [0.15, 0.2) is 0 Å². The number of methoxy groups -OCH3 is 1. The Morgan fingerprint density at radius 1 is 0.914 bits per heavy atom. The van der Waals surface area contributed by atoms with Crippen molar-refractivity contribution in [3.8, 4) is 5.75 Å². The van der Waals surface area contributed by atoms with Crippen LogP contribution in [0.5, 0.6) is 5.75 Å². The van der Waals surface area contributed by atoms with Crippen molar-refractivity contribution in [1.29, 1.82) is 0 Å². The molecule has 0 spiro atoms. The zero-order valence-corrected chi connectivity index (χ0v) is 19.6. The number of anilines is 1. The first-order valence-corrected chi connectivity index (χ1v) is 11.8. The molecule has 0 atom stereocenters. The summed E-state index contributed by atoms with van der Waals surface area (Å²) >= 11 is 0. The maximum atomic E-state index is 12.9. The molecular formula is C28H27N3O4. The van der Waals surface area contributed by atoms with Crippen molar-refractivity contribution in [3.05, 3.63) is 95.1 Å². The van der Waals surface area contributed by atoms with Crippen LogP contribution in [0, 0.1) is 0 Å². The van der Waals surface area contributed by atoms with Crippen molar-refractivity contribution in [2.75, 3.05) is 25.1 Å². The van der Waals surface area contributed by atoms with Gasteiger partial charge in [-0.05, 0) is 60.9 Å². The van der Waals surface area contributed by atoms with Crippen molar-refractivity contribution < 1.29 is 19.1 Å². The average molecular weight is 470 g/mol. The predicted molar refractivity (Wildman–Crippen MR) is 133 cm³/mol. The highest BCUT2D eigenvalue weighted by Crippen LogP contribution is 2.26. The van der Waals surface area contributed by atoms with Gasteiger partial charge in [-0.25, -0.2) is 0 Å². The molecule has 2 aliphatic heterocycles. The molecule has 3 amide bonds. The number of carbonyl (C=O) groups excluding carboxylic acids is 3. The minimum Gasteiger partial charge on any atom is -0.497 e. The Balaban J connectivity index is 1.21. The van der Waals surface area contributed by atoms with E-state index in [0.29, 0.717) is 11.1 Å². The molecule has 1 saturated heterocycles. The van der Waals surface area contributed by atoms with Gasteiger partial charge in [0.25, 0.3) is 17.7 Å². The first-order chi connectivity index (χ1) is 17.0. The Morgan fingerprint density at radius 2 is 1.60 bits per heavy atom. The summed E-state index contributed by atoms with van der Waals surface area (Å²) < 4.78 is 5.22. The molecule has 1 N–H and O–H groups in total. The van der Waals surface area contributed by atoms with Crippen LogP contribution in [0.4, 0.5) is 5.69 Å². The smallest absolute Gasteiger partial charge is 0.261 e. The summed E-state index contributed by atoms with van der Waals surface area (Å²) in [5.74, 6) is -0.0888. The third kappa shape index (κ3) is 4.62. The lowest BCUT2D eigenvalue weighted by molar-refractivity contribution is 0.0642. The minimum atomic E-state index is -0.365. The minimum absolute atomic E-state index is 0.0529. The highest BCUT2D eigenvalue weighted by molar-refractivity contribution is 6.22. The molecule has 0 saturated carbocycles. The van der Waals surface area contributed by atoms with Gasteiger partial charge < -0.3 is 15.0 Å². The third-order valence-electron chi connectivity index (χ3n) is 6.68. The summed E-state index contributed by atoms with van der Waals surface area (Å²) in [5, 5.41) is 3.10. The van der Waals surface area contributed by atoms with E-state index in [1.807, 2.05) is 54.6 Å². The van der Waals surface area contributed by atoms with Crippen LogP contribution < -0.4 is 15.0 Å². The number of rotatable bonds is 6. The molecule has 7 nitrogen and oxygen atoms in total. The van der Waals surface area contributed by atoms with Crippen molar-refractivity contribution in [2.45, 2.75) is 25.4 Å². The van der Waals surface area contributed by atoms with E-state index >= 15 is 0 Å². The number of ether oxygens (including phenoxy) is 1. The second kappa shape index (κ2) is 9.62. The molecule has 2 heterocycles. The van der Waals surface area contributed by atoms with E-state index in [1.165, 1.54) is 4.90 Å². The number of amides is 3. The summed E-state index contributed by atoms with van der Waals surface area (Å²) in [6.07, 6.45) is 1.65. The van der Waals surface area contributed by atoms with Crippen LogP contribution in [0.15, 0.2) is 72.8 Å². The van der Waals surface area contributed by atoms with Gasteiger partial charge in [-0.1, -0.05) is 30.3 Å². The standard InChI is InChI=1S/C28H27N3O4/c1-35-23-10-8-22(9-11-23)30-15-13-21(14-16-30)29-26(32)20-7-12-24-25(17-20)28(34)31(27(24)33)18-19-5-3-2-4-6-19/h2-12,17,21H,13-16,18H2,1H3,(H,29,32). The molecule has 1 fully saturated rings. The summed E-state index contributed by atoms with van der Waals surface area (Å²) in [7, 11) is 1.65. The third-order valence-corrected chi connectivity index (χ3v) is 6.68. The number of benzene rings is 3. The average Bonchev–Trinajstić information content (AvgIpc) is 3.14. The van der Waals surface area contributed by atoms with E-state index in [-0.39, 0.29) is 35.9 Å². The fourth-order valence-corrected chi connectivity index (χ4v) is 4.69. The molecule has 0 bridgehead atoms. The number of imide groups is 1. The highest BCUT2D eigenvalue weighted by atomic mass is 16.5. The van der Waals surface area contributed by atoms with Crippen LogP contribution in [0.1, 0.15) is 49.5 Å². The molecule has 178 valence electrons. The molecule has 3 aromatic rings. The van der Waals surface area contributed by atoms with Crippen molar-refractivity contribution in [2.24, 2.45) is 0 Å². The highest BCUT2D eigenvalue weighted by Gasteiger charge is 2.36. The van der Waals surface area contributed by atoms with E-state index in [1.54, 1.807) is 25.3 Å². The number of carbonyl (C=O) groups is 3. The van der Waals surface area contributed by atoms with Crippen LogP contribution in [0.25, 0.3) is 0 Å². The lowest BCUT2D eigenvalue weighted by Gasteiger charge is -2.34. The van der Waals surface area contributed by atoms with Crippen molar-refractivity contribution >= 4 is 23.4 Å². The van der Waals surface area contributed by atoms with Crippen molar-refractivity contribution in [3.63, 3.8) is 0 Å². The topological polar surface area (TPSA) is 79.0 Å². The molecular weight excluding hydrogens is 442 g/mol. The summed E-state index contributed by atoms with van der Waals surface area (Å²) in [5.41, 5.74) is 3.03. The quantitative estimate of drug-likeness (QED) is 0.554. The largest absolute Gasteiger partial charge is 0.497 e. The fraction of sp³-hybridized carbons (Fsp3) is 0.250. The first-order valence-electron chi connectivity index (χ1n) is 11.8. The number of hydrogen-bond acceptors (Lipinski definition) is 5. The molecule has 0 aliphatic carbocycles. The molecule has 7 heteroatoms. The van der Waals surface area contributed by atoms with Crippen LogP contribution >= 0.6 is 0 Å². The van der Waals surface area contributed by atoms with Gasteiger partial charge in [0.1, 0.15) is 5.75 Å². The Hall–Kier alpha value is -4.13. The molecule has 0 radical (unpaired) electrons. The number of nitrogens with zero attached hydrogens (tertiary/aromatic N) is 2. The van der Waals surface area contributed by atoms with Gasteiger partial charge in [-0.2, -0.15) is 0 Å². The number of nitrogens with one attached hydrogen (secondary N) is 1. The van der Waals surface area contributed by atoms with Crippen LogP contribution in [0.3, 0.4) is 0 Å². The Labute approximate surface area is 204 Å². The van der Waals surface area contributed by atoms with Crippen LogP contribution in [-0.2, 0) is 6.54 Å². The second-order valence-corrected chi connectivity index (χ2v) is 8.88. The summed E-state index contributed by atoms with van der Waals surface area (Å²) in [6.45, 7) is 1.88. The van der Waals surface area contributed by atoms with Gasteiger partial charge >= 0.3 is 0 Å². The number of hydrogen-bond donors (Lipinski definition) is 1. The summed E-state index contributed by atoms with van der Waals surface area (Å²) in [4.78, 5) is 42.2. The monoisotopic (exact) mass is 469 g/mol. The normalized spacial score (nSPS) is 15.8. The molecule has 0 unspecified atom stereocenters. The van der Waals surface area contributed by atoms with Gasteiger partial charge in [-0.15, -0.1) is 0 Å². The molecule has 35 heavy (non-hydrogen) atoms. The maximum Gasteiger partial charge on any atom is 0.261 e. The van der Waals surface area contributed by atoms with Gasteiger partial charge in [0, 0.05) is 30.4 Å². The van der Waals surface area contributed by atoms with E-state index in [4.69, 9.17) is 4.74 Å².